The van der Waals surface area contributed by atoms with Gasteiger partial charge in [-0.05, 0) is 36.2 Å². The van der Waals surface area contributed by atoms with Gasteiger partial charge >= 0.3 is 6.36 Å². The van der Waals surface area contributed by atoms with Crippen LogP contribution in [0.3, 0.4) is 0 Å². The molecule has 1 unspecified atom stereocenters. The lowest BCUT2D eigenvalue weighted by molar-refractivity contribution is -0.274. The van der Waals surface area contributed by atoms with E-state index in [4.69, 9.17) is 21.1 Å². The summed E-state index contributed by atoms with van der Waals surface area (Å²) in [7, 11) is 1.63. The van der Waals surface area contributed by atoms with Gasteiger partial charge in [-0.25, -0.2) is 0 Å². The summed E-state index contributed by atoms with van der Waals surface area (Å²) in [6.45, 7) is 2.43. The first kappa shape index (κ1) is 27.4. The van der Waals surface area contributed by atoms with E-state index in [0.717, 1.165) is 11.6 Å². The van der Waals surface area contributed by atoms with Crippen molar-refractivity contribution >= 4 is 23.3 Å². The normalized spacial score (nSPS) is 15.4. The maximum Gasteiger partial charge on any atom is 0.573 e. The number of benzene rings is 2. The molecule has 0 radical (unpaired) electrons. The van der Waals surface area contributed by atoms with E-state index in [2.05, 4.69) is 9.72 Å². The van der Waals surface area contributed by atoms with E-state index in [1.165, 1.54) is 28.0 Å². The molecule has 1 aromatic heterocycles. The number of carbonyl (C=O) groups is 1. The van der Waals surface area contributed by atoms with Gasteiger partial charge in [-0.3, -0.25) is 14.3 Å². The summed E-state index contributed by atoms with van der Waals surface area (Å²) in [4.78, 5) is 20.7. The molecule has 0 bridgehead atoms. The van der Waals surface area contributed by atoms with Crippen molar-refractivity contribution < 1.29 is 37.3 Å². The molecule has 1 aliphatic heterocycles. The average Bonchev–Trinajstić information content (AvgIpc) is 3.22. The first-order valence-corrected chi connectivity index (χ1v) is 12.1. The van der Waals surface area contributed by atoms with Crippen molar-refractivity contribution in [2.24, 2.45) is 0 Å². The number of aliphatic hydroxyl groups excluding tert-OH is 1. The third kappa shape index (κ3) is 6.25. The number of hydrogen-bond acceptors (Lipinski definition) is 7. The molecule has 4 rings (SSSR count). The maximum atomic E-state index is 13.4. The Morgan fingerprint density at radius 1 is 1.08 bits per heavy atom. The van der Waals surface area contributed by atoms with Gasteiger partial charge in [0.05, 0.1) is 6.54 Å². The predicted molar refractivity (Wildman–Crippen MR) is 133 cm³/mol. The second-order valence-electron chi connectivity index (χ2n) is 8.45. The van der Waals surface area contributed by atoms with Crippen LogP contribution in [0.15, 0.2) is 48.5 Å². The SMILES string of the molecule is CCCN1C(=O)c2c(nc(OCCOc3cccc(OC(F)(F)F)c3)n2Cc2ccc(Cl)cc2)N(C)C1O. The summed E-state index contributed by atoms with van der Waals surface area (Å²) in [5, 5.41) is 11.2. The summed E-state index contributed by atoms with van der Waals surface area (Å²) in [5.41, 5.74) is 1.09. The van der Waals surface area contributed by atoms with Crippen LogP contribution in [-0.4, -0.2) is 65.0 Å². The number of fused-ring (bicyclic) bond motifs is 1. The van der Waals surface area contributed by atoms with Gasteiger partial charge < -0.3 is 24.2 Å². The van der Waals surface area contributed by atoms with Crippen LogP contribution in [0.25, 0.3) is 0 Å². The first-order valence-electron chi connectivity index (χ1n) is 11.8. The van der Waals surface area contributed by atoms with Crippen molar-refractivity contribution in [1.29, 1.82) is 0 Å². The van der Waals surface area contributed by atoms with Gasteiger partial charge in [-0.15, -0.1) is 13.2 Å². The molecule has 1 N–H and O–H groups in total. The fraction of sp³-hybridized carbons (Fsp3) is 0.360. The minimum absolute atomic E-state index is 0.0255. The number of aliphatic hydroxyl groups is 1. The lowest BCUT2D eigenvalue weighted by Crippen LogP contribution is -2.54. The van der Waals surface area contributed by atoms with E-state index in [0.29, 0.717) is 18.0 Å². The molecule has 1 aliphatic rings. The van der Waals surface area contributed by atoms with Gasteiger partial charge in [0.1, 0.15) is 24.7 Å². The molecule has 1 amide bonds. The highest BCUT2D eigenvalue weighted by molar-refractivity contribution is 6.30. The molecular formula is C25H26ClF3N4O5. The zero-order valence-corrected chi connectivity index (χ0v) is 21.4. The number of alkyl halides is 3. The fourth-order valence-electron chi connectivity index (χ4n) is 3.98. The maximum absolute atomic E-state index is 13.4. The van der Waals surface area contributed by atoms with Crippen molar-refractivity contribution in [3.05, 3.63) is 64.8 Å². The Labute approximate surface area is 221 Å². The van der Waals surface area contributed by atoms with Crippen LogP contribution in [0.4, 0.5) is 19.0 Å². The number of ether oxygens (including phenoxy) is 3. The zero-order valence-electron chi connectivity index (χ0n) is 20.6. The summed E-state index contributed by atoms with van der Waals surface area (Å²) >= 11 is 6.01. The van der Waals surface area contributed by atoms with Crippen molar-refractivity contribution in [3.63, 3.8) is 0 Å². The second-order valence-corrected chi connectivity index (χ2v) is 8.89. The number of hydrogen-bond donors (Lipinski definition) is 1. The molecule has 13 heteroatoms. The molecule has 0 fully saturated rings. The summed E-state index contributed by atoms with van der Waals surface area (Å²) in [5.74, 6) is -0.371. The zero-order chi connectivity index (χ0) is 27.4. The fourth-order valence-corrected chi connectivity index (χ4v) is 4.10. The summed E-state index contributed by atoms with van der Waals surface area (Å²) in [6, 6.07) is 12.3. The highest BCUT2D eigenvalue weighted by Crippen LogP contribution is 2.33. The number of amides is 1. The second kappa shape index (κ2) is 11.4. The molecular weight excluding hydrogens is 529 g/mol. The average molecular weight is 555 g/mol. The van der Waals surface area contributed by atoms with E-state index in [1.54, 1.807) is 23.7 Å². The molecule has 38 heavy (non-hydrogen) atoms. The number of nitrogens with zero attached hydrogens (tertiary/aromatic N) is 4. The molecule has 1 atom stereocenters. The van der Waals surface area contributed by atoms with Gasteiger partial charge in [-0.1, -0.05) is 36.7 Å². The molecule has 0 saturated heterocycles. The Balaban J connectivity index is 1.54. The Morgan fingerprint density at radius 3 is 2.45 bits per heavy atom. The Kier molecular flexibility index (Phi) is 8.22. The summed E-state index contributed by atoms with van der Waals surface area (Å²) in [6.07, 6.45) is -5.35. The lowest BCUT2D eigenvalue weighted by atomic mass is 10.2. The van der Waals surface area contributed by atoms with Crippen molar-refractivity contribution in [3.8, 4) is 17.5 Å². The van der Waals surface area contributed by atoms with Gasteiger partial charge in [0.2, 0.25) is 6.35 Å². The Bertz CT molecular complexity index is 1270. The number of anilines is 1. The smallest absolute Gasteiger partial charge is 0.490 e. The van der Waals surface area contributed by atoms with E-state index in [1.807, 2.05) is 19.1 Å². The van der Waals surface area contributed by atoms with Crippen LogP contribution in [0.5, 0.6) is 17.5 Å². The predicted octanol–water partition coefficient (Wildman–Crippen LogP) is 4.52. The van der Waals surface area contributed by atoms with E-state index < -0.39 is 18.5 Å². The minimum atomic E-state index is -4.81. The molecule has 0 saturated carbocycles. The van der Waals surface area contributed by atoms with E-state index in [9.17, 15) is 23.1 Å². The van der Waals surface area contributed by atoms with Crippen LogP contribution in [0, 0.1) is 0 Å². The molecule has 2 heterocycles. The van der Waals surface area contributed by atoms with Crippen molar-refractivity contribution in [2.45, 2.75) is 32.6 Å². The standard InChI is InChI=1S/C25H26ClF3N4O5/c1-3-11-32-22(34)20-21(31(2)24(32)35)30-23(33(20)15-16-7-9-17(26)10-8-16)37-13-12-36-18-5-4-6-19(14-18)38-25(27,28)29/h4-10,14,24,35H,3,11-13,15H2,1-2H3. The monoisotopic (exact) mass is 554 g/mol. The van der Waals surface area contributed by atoms with Crippen molar-refractivity contribution in [2.75, 3.05) is 31.7 Å². The van der Waals surface area contributed by atoms with E-state index in [-0.39, 0.29) is 48.9 Å². The lowest BCUT2D eigenvalue weighted by Gasteiger charge is -2.38. The third-order valence-corrected chi connectivity index (χ3v) is 5.93. The van der Waals surface area contributed by atoms with Crippen LogP contribution in [0.1, 0.15) is 29.4 Å². The number of rotatable bonds is 10. The highest BCUT2D eigenvalue weighted by Gasteiger charge is 2.40. The largest absolute Gasteiger partial charge is 0.573 e. The highest BCUT2D eigenvalue weighted by atomic mass is 35.5. The number of carbonyl (C=O) groups excluding carboxylic acids is 1. The first-order chi connectivity index (χ1) is 18.1. The van der Waals surface area contributed by atoms with Crippen LogP contribution < -0.4 is 19.1 Å². The molecule has 0 spiro atoms. The number of halogens is 4. The molecule has 0 aliphatic carbocycles. The molecule has 3 aromatic rings. The Hall–Kier alpha value is -3.64. The van der Waals surface area contributed by atoms with Gasteiger partial charge in [0.15, 0.2) is 11.5 Å². The minimum Gasteiger partial charge on any atom is -0.490 e. The van der Waals surface area contributed by atoms with Gasteiger partial charge in [-0.2, -0.15) is 4.98 Å². The Morgan fingerprint density at radius 2 is 1.76 bits per heavy atom. The number of aromatic nitrogens is 2. The summed E-state index contributed by atoms with van der Waals surface area (Å²) < 4.78 is 54.3. The third-order valence-electron chi connectivity index (χ3n) is 5.68. The van der Waals surface area contributed by atoms with Gasteiger partial charge in [0, 0.05) is 24.7 Å². The van der Waals surface area contributed by atoms with Crippen LogP contribution >= 0.6 is 11.6 Å². The quantitative estimate of drug-likeness (QED) is 0.369. The van der Waals surface area contributed by atoms with Crippen LogP contribution in [-0.2, 0) is 6.54 Å². The molecule has 204 valence electrons. The van der Waals surface area contributed by atoms with Crippen LogP contribution in [0.2, 0.25) is 5.02 Å². The molecule has 2 aromatic carbocycles. The van der Waals surface area contributed by atoms with Crippen molar-refractivity contribution in [1.82, 2.24) is 14.5 Å². The topological polar surface area (TPSA) is 89.3 Å². The number of imidazole rings is 1. The molecule has 9 nitrogen and oxygen atoms in total. The van der Waals surface area contributed by atoms with E-state index >= 15 is 0 Å². The van der Waals surface area contributed by atoms with Gasteiger partial charge in [0.25, 0.3) is 11.9 Å².